The van der Waals surface area contributed by atoms with E-state index in [1.54, 1.807) is 0 Å². The summed E-state index contributed by atoms with van der Waals surface area (Å²) in [4.78, 5) is 2.54. The molecule has 0 bridgehead atoms. The fraction of sp³-hybridized carbons (Fsp3) is 1.00. The molecule has 0 aromatic rings. The molecule has 16 heavy (non-hydrogen) atoms. The number of nitrogens with zero attached hydrogens (tertiary/aromatic N) is 1. The van der Waals surface area contributed by atoms with E-state index in [9.17, 15) is 0 Å². The Labute approximate surface area is 100 Å². The molecule has 0 saturated carbocycles. The Morgan fingerprint density at radius 3 is 2.06 bits per heavy atom. The van der Waals surface area contributed by atoms with Gasteiger partial charge < -0.3 is 14.4 Å². The highest BCUT2D eigenvalue weighted by atomic mass is 16.7. The quantitative estimate of drug-likeness (QED) is 0.638. The van der Waals surface area contributed by atoms with Crippen LogP contribution in [0.2, 0.25) is 0 Å². The highest BCUT2D eigenvalue weighted by Crippen LogP contribution is 2.24. The molecule has 1 heterocycles. The van der Waals surface area contributed by atoms with Crippen molar-refractivity contribution in [1.29, 1.82) is 0 Å². The van der Waals surface area contributed by atoms with Crippen molar-refractivity contribution >= 4 is 0 Å². The molecule has 1 aliphatic heterocycles. The van der Waals surface area contributed by atoms with Crippen molar-refractivity contribution in [3.8, 4) is 0 Å². The minimum Gasteiger partial charge on any atom is -0.348 e. The summed E-state index contributed by atoms with van der Waals surface area (Å²) < 4.78 is 11.2. The average molecular weight is 229 g/mol. The molecule has 0 N–H and O–H groups in total. The van der Waals surface area contributed by atoms with Gasteiger partial charge in [0, 0.05) is 6.42 Å². The molecule has 0 aromatic carbocycles. The molecule has 0 atom stereocenters. The van der Waals surface area contributed by atoms with E-state index in [0.717, 1.165) is 26.1 Å². The zero-order valence-corrected chi connectivity index (χ0v) is 11.1. The standard InChI is InChI=1S/C13H27NO2/c1-4-8-14(9-5-2)10-6-7-13(3)15-11-12-16-13/h4-12H2,1-3H3. The van der Waals surface area contributed by atoms with Crippen LogP contribution in [0.3, 0.4) is 0 Å². The third kappa shape index (κ3) is 4.81. The van der Waals surface area contributed by atoms with Crippen LogP contribution in [0, 0.1) is 0 Å². The van der Waals surface area contributed by atoms with E-state index in [2.05, 4.69) is 25.7 Å². The minimum absolute atomic E-state index is 0.301. The van der Waals surface area contributed by atoms with Gasteiger partial charge in [-0.3, -0.25) is 0 Å². The second kappa shape index (κ2) is 7.25. The molecular formula is C13H27NO2. The lowest BCUT2D eigenvalue weighted by Crippen LogP contribution is -2.30. The van der Waals surface area contributed by atoms with Crippen LogP contribution < -0.4 is 0 Å². The zero-order valence-electron chi connectivity index (χ0n) is 11.1. The Balaban J connectivity index is 2.16. The van der Waals surface area contributed by atoms with Gasteiger partial charge in [0.1, 0.15) is 0 Å². The molecule has 0 amide bonds. The van der Waals surface area contributed by atoms with Gasteiger partial charge in [0.2, 0.25) is 0 Å². The smallest absolute Gasteiger partial charge is 0.165 e. The molecule has 1 aliphatic rings. The van der Waals surface area contributed by atoms with Crippen molar-refractivity contribution < 1.29 is 9.47 Å². The molecule has 0 spiro atoms. The van der Waals surface area contributed by atoms with Gasteiger partial charge in [-0.15, -0.1) is 0 Å². The fourth-order valence-corrected chi connectivity index (χ4v) is 2.29. The Kier molecular flexibility index (Phi) is 6.32. The summed E-state index contributed by atoms with van der Waals surface area (Å²) in [6.45, 7) is 11.7. The number of rotatable bonds is 8. The van der Waals surface area contributed by atoms with Crippen LogP contribution in [0.1, 0.15) is 46.5 Å². The van der Waals surface area contributed by atoms with E-state index in [1.165, 1.54) is 32.5 Å². The molecule has 1 saturated heterocycles. The zero-order chi connectivity index (χ0) is 11.9. The highest BCUT2D eigenvalue weighted by Gasteiger charge is 2.30. The molecule has 0 unspecified atom stereocenters. The summed E-state index contributed by atoms with van der Waals surface area (Å²) in [7, 11) is 0. The maximum absolute atomic E-state index is 5.60. The molecule has 0 aliphatic carbocycles. The Hall–Kier alpha value is -0.120. The van der Waals surface area contributed by atoms with Gasteiger partial charge in [-0.05, 0) is 45.8 Å². The molecule has 1 rings (SSSR count). The molecule has 1 fully saturated rings. The first-order chi connectivity index (χ1) is 7.70. The van der Waals surface area contributed by atoms with Gasteiger partial charge in [-0.1, -0.05) is 13.8 Å². The summed E-state index contributed by atoms with van der Waals surface area (Å²) in [6, 6.07) is 0. The van der Waals surface area contributed by atoms with E-state index in [0.29, 0.717) is 0 Å². The van der Waals surface area contributed by atoms with E-state index in [4.69, 9.17) is 9.47 Å². The summed E-state index contributed by atoms with van der Waals surface area (Å²) in [5.74, 6) is -0.301. The van der Waals surface area contributed by atoms with Crippen LogP contribution in [-0.4, -0.2) is 43.5 Å². The summed E-state index contributed by atoms with van der Waals surface area (Å²) >= 11 is 0. The maximum atomic E-state index is 5.60. The highest BCUT2D eigenvalue weighted by molar-refractivity contribution is 4.69. The van der Waals surface area contributed by atoms with Crippen molar-refractivity contribution in [3.05, 3.63) is 0 Å². The third-order valence-corrected chi connectivity index (χ3v) is 3.08. The minimum atomic E-state index is -0.301. The van der Waals surface area contributed by atoms with Crippen molar-refractivity contribution in [2.24, 2.45) is 0 Å². The van der Waals surface area contributed by atoms with Gasteiger partial charge in [0.15, 0.2) is 5.79 Å². The fourth-order valence-electron chi connectivity index (χ4n) is 2.29. The molecular weight excluding hydrogens is 202 g/mol. The second-order valence-corrected chi connectivity index (χ2v) is 4.78. The summed E-state index contributed by atoms with van der Waals surface area (Å²) in [5.41, 5.74) is 0. The van der Waals surface area contributed by atoms with E-state index < -0.39 is 0 Å². The third-order valence-electron chi connectivity index (χ3n) is 3.08. The van der Waals surface area contributed by atoms with Crippen LogP contribution in [0.25, 0.3) is 0 Å². The van der Waals surface area contributed by atoms with Crippen molar-refractivity contribution in [3.63, 3.8) is 0 Å². The van der Waals surface area contributed by atoms with Gasteiger partial charge in [0.25, 0.3) is 0 Å². The van der Waals surface area contributed by atoms with E-state index >= 15 is 0 Å². The summed E-state index contributed by atoms with van der Waals surface area (Å²) in [5, 5.41) is 0. The van der Waals surface area contributed by atoms with E-state index in [-0.39, 0.29) is 5.79 Å². The lowest BCUT2D eigenvalue weighted by atomic mass is 10.1. The van der Waals surface area contributed by atoms with Crippen molar-refractivity contribution in [1.82, 2.24) is 4.90 Å². The molecule has 3 heteroatoms. The lowest BCUT2D eigenvalue weighted by molar-refractivity contribution is -0.147. The van der Waals surface area contributed by atoms with Crippen LogP contribution in [0.5, 0.6) is 0 Å². The van der Waals surface area contributed by atoms with Crippen molar-refractivity contribution in [2.75, 3.05) is 32.8 Å². The Morgan fingerprint density at radius 1 is 1.00 bits per heavy atom. The average Bonchev–Trinajstić information content (AvgIpc) is 2.66. The first-order valence-corrected chi connectivity index (χ1v) is 6.70. The monoisotopic (exact) mass is 229 g/mol. The summed E-state index contributed by atoms with van der Waals surface area (Å²) in [6.07, 6.45) is 4.65. The van der Waals surface area contributed by atoms with Gasteiger partial charge in [-0.2, -0.15) is 0 Å². The largest absolute Gasteiger partial charge is 0.348 e. The molecule has 0 radical (unpaired) electrons. The Bertz CT molecular complexity index is 173. The van der Waals surface area contributed by atoms with Crippen LogP contribution in [-0.2, 0) is 9.47 Å². The number of hydrogen-bond acceptors (Lipinski definition) is 3. The van der Waals surface area contributed by atoms with Crippen LogP contribution >= 0.6 is 0 Å². The van der Waals surface area contributed by atoms with Gasteiger partial charge >= 0.3 is 0 Å². The molecule has 0 aromatic heterocycles. The molecule has 3 nitrogen and oxygen atoms in total. The number of ether oxygens (including phenoxy) is 2. The SMILES string of the molecule is CCCN(CCC)CCCC1(C)OCCO1. The first-order valence-electron chi connectivity index (χ1n) is 6.70. The number of hydrogen-bond donors (Lipinski definition) is 0. The Morgan fingerprint density at radius 2 is 1.56 bits per heavy atom. The maximum Gasteiger partial charge on any atom is 0.165 e. The topological polar surface area (TPSA) is 21.7 Å². The van der Waals surface area contributed by atoms with Gasteiger partial charge in [0.05, 0.1) is 13.2 Å². The van der Waals surface area contributed by atoms with Crippen molar-refractivity contribution in [2.45, 2.75) is 52.2 Å². The molecule has 96 valence electrons. The van der Waals surface area contributed by atoms with Crippen LogP contribution in [0.4, 0.5) is 0 Å². The second-order valence-electron chi connectivity index (χ2n) is 4.78. The predicted molar refractivity (Wildman–Crippen MR) is 66.6 cm³/mol. The normalized spacial score (nSPS) is 19.5. The van der Waals surface area contributed by atoms with Crippen LogP contribution in [0.15, 0.2) is 0 Å². The lowest BCUT2D eigenvalue weighted by Gasteiger charge is -2.25. The predicted octanol–water partition coefficient (Wildman–Crippen LogP) is 2.65. The van der Waals surface area contributed by atoms with E-state index in [1.807, 2.05) is 0 Å². The first kappa shape index (κ1) is 13.9. The van der Waals surface area contributed by atoms with Gasteiger partial charge in [-0.25, -0.2) is 0 Å².